The lowest BCUT2D eigenvalue weighted by molar-refractivity contribution is -0.130. The minimum Gasteiger partial charge on any atom is -0.377 e. The summed E-state index contributed by atoms with van der Waals surface area (Å²) in [5.41, 5.74) is 2.32. The molecule has 3 heterocycles. The maximum absolute atomic E-state index is 12.7. The van der Waals surface area contributed by atoms with Crippen LogP contribution in [0.25, 0.3) is 5.69 Å². The van der Waals surface area contributed by atoms with Gasteiger partial charge in [-0.15, -0.1) is 10.2 Å². The van der Waals surface area contributed by atoms with E-state index < -0.39 is 0 Å². The highest BCUT2D eigenvalue weighted by Crippen LogP contribution is 2.23. The van der Waals surface area contributed by atoms with Gasteiger partial charge in [0.2, 0.25) is 5.91 Å². The Kier molecular flexibility index (Phi) is 6.84. The van der Waals surface area contributed by atoms with Crippen molar-refractivity contribution in [2.45, 2.75) is 37.4 Å². The van der Waals surface area contributed by atoms with E-state index in [2.05, 4.69) is 34.2 Å². The quantitative estimate of drug-likeness (QED) is 0.647. The van der Waals surface area contributed by atoms with Gasteiger partial charge in [0.1, 0.15) is 6.33 Å². The number of hydrogen-bond acceptors (Lipinski definition) is 6. The molecule has 2 fully saturated rings. The molecule has 4 rings (SSSR count). The van der Waals surface area contributed by atoms with Crippen molar-refractivity contribution < 1.29 is 9.53 Å². The molecule has 2 aliphatic heterocycles. The number of aromatic nitrogens is 3. The highest BCUT2D eigenvalue weighted by atomic mass is 32.2. The molecule has 0 spiro atoms. The Hall–Kier alpha value is -1.90. The predicted octanol–water partition coefficient (Wildman–Crippen LogP) is 2.25. The number of carbonyl (C=O) groups is 1. The van der Waals surface area contributed by atoms with Gasteiger partial charge >= 0.3 is 0 Å². The fraction of sp³-hybridized carbons (Fsp3) is 0.571. The van der Waals surface area contributed by atoms with Crippen LogP contribution in [0.3, 0.4) is 0 Å². The summed E-state index contributed by atoms with van der Waals surface area (Å²) in [6.07, 6.45) is 5.38. The van der Waals surface area contributed by atoms with Gasteiger partial charge in [-0.1, -0.05) is 36.9 Å². The Bertz CT molecular complexity index is 813. The lowest BCUT2D eigenvalue weighted by atomic mass is 10.1. The summed E-state index contributed by atoms with van der Waals surface area (Å²) in [6.45, 7) is 7.46. The van der Waals surface area contributed by atoms with Crippen LogP contribution in [-0.4, -0.2) is 81.7 Å². The van der Waals surface area contributed by atoms with Crippen molar-refractivity contribution in [3.05, 3.63) is 36.2 Å². The normalized spacial score (nSPS) is 20.3. The molecule has 2 aromatic rings. The number of benzene rings is 1. The minimum absolute atomic E-state index is 0.171. The third-order valence-corrected chi connectivity index (χ3v) is 6.61. The highest BCUT2D eigenvalue weighted by molar-refractivity contribution is 7.99. The van der Waals surface area contributed by atoms with E-state index in [1.54, 1.807) is 6.33 Å². The molecule has 0 bridgehead atoms. The van der Waals surface area contributed by atoms with Crippen LogP contribution in [-0.2, 0) is 16.0 Å². The summed E-state index contributed by atoms with van der Waals surface area (Å²) in [5, 5.41) is 9.07. The number of carbonyl (C=O) groups excluding carboxylic acids is 1. The minimum atomic E-state index is 0.171. The van der Waals surface area contributed by atoms with Crippen molar-refractivity contribution in [1.29, 1.82) is 0 Å². The largest absolute Gasteiger partial charge is 0.377 e. The van der Waals surface area contributed by atoms with E-state index in [0.29, 0.717) is 11.9 Å². The Labute approximate surface area is 176 Å². The molecule has 2 saturated heterocycles. The fourth-order valence-electron chi connectivity index (χ4n) is 4.01. The molecular weight excluding hydrogens is 386 g/mol. The smallest absolute Gasteiger partial charge is 0.233 e. The van der Waals surface area contributed by atoms with Gasteiger partial charge in [0, 0.05) is 39.3 Å². The van der Waals surface area contributed by atoms with Crippen LogP contribution >= 0.6 is 11.8 Å². The number of ether oxygens (including phenoxy) is 1. The average Bonchev–Trinajstić information content (AvgIpc) is 3.44. The zero-order valence-corrected chi connectivity index (χ0v) is 17.8. The van der Waals surface area contributed by atoms with E-state index in [0.717, 1.165) is 63.0 Å². The summed E-state index contributed by atoms with van der Waals surface area (Å²) >= 11 is 1.46. The highest BCUT2D eigenvalue weighted by Gasteiger charge is 2.25. The molecule has 8 heteroatoms. The first-order chi connectivity index (χ1) is 14.2. The molecule has 0 radical (unpaired) electrons. The predicted molar refractivity (Wildman–Crippen MR) is 113 cm³/mol. The maximum atomic E-state index is 12.7. The zero-order chi connectivity index (χ0) is 20.1. The van der Waals surface area contributed by atoms with Crippen molar-refractivity contribution in [3.63, 3.8) is 0 Å². The summed E-state index contributed by atoms with van der Waals surface area (Å²) in [7, 11) is 0. The second-order valence-corrected chi connectivity index (χ2v) is 8.51. The lowest BCUT2D eigenvalue weighted by Gasteiger charge is -2.35. The van der Waals surface area contributed by atoms with Crippen molar-refractivity contribution in [2.75, 3.05) is 45.1 Å². The van der Waals surface area contributed by atoms with Crippen LogP contribution in [0.1, 0.15) is 25.3 Å². The van der Waals surface area contributed by atoms with Gasteiger partial charge < -0.3 is 9.64 Å². The van der Waals surface area contributed by atoms with E-state index >= 15 is 0 Å². The van der Waals surface area contributed by atoms with Crippen LogP contribution < -0.4 is 0 Å². The molecule has 0 aliphatic carbocycles. The van der Waals surface area contributed by atoms with Gasteiger partial charge in [0.05, 0.1) is 17.5 Å². The van der Waals surface area contributed by atoms with E-state index in [4.69, 9.17) is 4.74 Å². The topological polar surface area (TPSA) is 63.5 Å². The number of piperazine rings is 1. The summed E-state index contributed by atoms with van der Waals surface area (Å²) < 4.78 is 7.72. The number of amides is 1. The molecule has 156 valence electrons. The third kappa shape index (κ3) is 4.99. The average molecular weight is 416 g/mol. The molecule has 0 N–H and O–H groups in total. The number of hydrogen-bond donors (Lipinski definition) is 0. The second-order valence-electron chi connectivity index (χ2n) is 7.57. The molecule has 1 unspecified atom stereocenters. The van der Waals surface area contributed by atoms with Gasteiger partial charge in [-0.05, 0) is 30.9 Å². The number of aryl methyl sites for hydroxylation is 1. The van der Waals surface area contributed by atoms with Gasteiger partial charge in [0.25, 0.3) is 0 Å². The zero-order valence-electron chi connectivity index (χ0n) is 17.0. The van der Waals surface area contributed by atoms with Crippen molar-refractivity contribution in [3.8, 4) is 5.69 Å². The molecule has 1 amide bonds. The third-order valence-electron chi connectivity index (χ3n) is 5.68. The van der Waals surface area contributed by atoms with E-state index in [-0.39, 0.29) is 5.91 Å². The Morgan fingerprint density at radius 2 is 2.07 bits per heavy atom. The summed E-state index contributed by atoms with van der Waals surface area (Å²) in [6, 6.07) is 8.25. The van der Waals surface area contributed by atoms with Crippen molar-refractivity contribution in [2.24, 2.45) is 0 Å². The SMILES string of the molecule is CCc1ccccc1-n1cnnc1SCC(=O)N1CCN(CC2CCCO2)CC1. The number of nitrogens with zero attached hydrogens (tertiary/aromatic N) is 5. The standard InChI is InChI=1S/C21H29N5O2S/c1-2-17-6-3-4-8-19(17)26-16-22-23-21(26)29-15-20(27)25-11-9-24(10-12-25)14-18-7-5-13-28-18/h3-4,6,8,16,18H,2,5,7,9-15H2,1H3. The van der Waals surface area contributed by atoms with Crippen LogP contribution in [0.15, 0.2) is 35.7 Å². The molecule has 29 heavy (non-hydrogen) atoms. The van der Waals surface area contributed by atoms with E-state index in [1.165, 1.54) is 23.7 Å². The van der Waals surface area contributed by atoms with Crippen LogP contribution in [0, 0.1) is 0 Å². The van der Waals surface area contributed by atoms with Crippen LogP contribution in [0.2, 0.25) is 0 Å². The molecule has 1 aromatic carbocycles. The summed E-state index contributed by atoms with van der Waals surface area (Å²) in [5.74, 6) is 0.559. The van der Waals surface area contributed by atoms with Gasteiger partial charge in [0.15, 0.2) is 5.16 Å². The number of thioether (sulfide) groups is 1. The fourth-order valence-corrected chi connectivity index (χ4v) is 4.83. The first-order valence-corrected chi connectivity index (χ1v) is 11.5. The van der Waals surface area contributed by atoms with Gasteiger partial charge in [-0.2, -0.15) is 0 Å². The molecule has 0 saturated carbocycles. The first kappa shape index (κ1) is 20.4. The maximum Gasteiger partial charge on any atom is 0.233 e. The van der Waals surface area contributed by atoms with Crippen molar-refractivity contribution >= 4 is 17.7 Å². The molecule has 7 nitrogen and oxygen atoms in total. The Morgan fingerprint density at radius 1 is 1.24 bits per heavy atom. The van der Waals surface area contributed by atoms with Gasteiger partial charge in [-0.25, -0.2) is 0 Å². The van der Waals surface area contributed by atoms with Gasteiger partial charge in [-0.3, -0.25) is 14.3 Å². The second kappa shape index (κ2) is 9.73. The summed E-state index contributed by atoms with van der Waals surface area (Å²) in [4.78, 5) is 17.1. The number of rotatable bonds is 7. The Morgan fingerprint density at radius 3 is 2.83 bits per heavy atom. The molecule has 2 aliphatic rings. The van der Waals surface area contributed by atoms with E-state index in [1.807, 2.05) is 21.6 Å². The lowest BCUT2D eigenvalue weighted by Crippen LogP contribution is -2.50. The van der Waals surface area contributed by atoms with E-state index in [9.17, 15) is 4.79 Å². The molecular formula is C21H29N5O2S. The Balaban J connectivity index is 1.29. The van der Waals surface area contributed by atoms with Crippen LogP contribution in [0.5, 0.6) is 0 Å². The van der Waals surface area contributed by atoms with Crippen molar-refractivity contribution in [1.82, 2.24) is 24.6 Å². The monoisotopic (exact) mass is 415 g/mol. The molecule has 1 aromatic heterocycles. The number of para-hydroxylation sites is 1. The first-order valence-electron chi connectivity index (χ1n) is 10.5. The van der Waals surface area contributed by atoms with Crippen LogP contribution in [0.4, 0.5) is 0 Å². The molecule has 1 atom stereocenters.